The van der Waals surface area contributed by atoms with Gasteiger partial charge >= 0.3 is 0 Å². The summed E-state index contributed by atoms with van der Waals surface area (Å²) in [6.45, 7) is 3.97. The molecule has 1 amide bonds. The van der Waals surface area contributed by atoms with Crippen LogP contribution in [-0.4, -0.2) is 28.6 Å². The van der Waals surface area contributed by atoms with Crippen LogP contribution in [0.4, 0.5) is 5.82 Å². The van der Waals surface area contributed by atoms with E-state index < -0.39 is 5.92 Å². The fourth-order valence-electron chi connectivity index (χ4n) is 3.84. The monoisotopic (exact) mass is 389 g/mol. The Kier molecular flexibility index (Phi) is 4.92. The molecule has 1 aromatic heterocycles. The van der Waals surface area contributed by atoms with Gasteiger partial charge in [-0.15, -0.1) is 0 Å². The number of nitrogens with one attached hydrogen (secondary N) is 1. The number of nitrogens with zero attached hydrogens (tertiary/aromatic N) is 2. The van der Waals surface area contributed by atoms with Gasteiger partial charge in [0.2, 0.25) is 5.91 Å². The van der Waals surface area contributed by atoms with Crippen molar-refractivity contribution in [3.63, 3.8) is 0 Å². The highest BCUT2D eigenvalue weighted by Crippen LogP contribution is 2.38. The standard InChI is InChI=1S/C23H23N3O3/c1-4-15-7-5-9-17(11-15)26-23-21(14(2)25-26)19(13-20(27)24-23)22(28)16-8-6-10-18(12-16)29-3/h5-12,19H,4,13H2,1-3H3,(H,24,27)/t19-/m0/s1. The van der Waals surface area contributed by atoms with Crippen molar-refractivity contribution < 1.29 is 14.3 Å². The molecule has 0 bridgehead atoms. The van der Waals surface area contributed by atoms with Gasteiger partial charge in [-0.1, -0.05) is 31.2 Å². The van der Waals surface area contributed by atoms with E-state index in [2.05, 4.69) is 23.4 Å². The fraction of sp³-hybridized carbons (Fsp3) is 0.261. The number of hydrogen-bond acceptors (Lipinski definition) is 4. The maximum atomic E-state index is 13.3. The van der Waals surface area contributed by atoms with Gasteiger partial charge < -0.3 is 10.1 Å². The number of anilines is 1. The number of rotatable bonds is 5. The number of aryl methyl sites for hydroxylation is 2. The van der Waals surface area contributed by atoms with Crippen LogP contribution in [0.25, 0.3) is 5.69 Å². The molecule has 0 unspecified atom stereocenters. The van der Waals surface area contributed by atoms with Crippen molar-refractivity contribution in [1.29, 1.82) is 0 Å². The zero-order chi connectivity index (χ0) is 20.5. The minimum atomic E-state index is -0.575. The van der Waals surface area contributed by atoms with Crippen LogP contribution in [0, 0.1) is 6.92 Å². The van der Waals surface area contributed by atoms with Gasteiger partial charge in [0, 0.05) is 17.5 Å². The van der Waals surface area contributed by atoms with E-state index >= 15 is 0 Å². The molecule has 0 radical (unpaired) electrons. The van der Waals surface area contributed by atoms with Crippen molar-refractivity contribution >= 4 is 17.5 Å². The molecule has 2 heterocycles. The minimum Gasteiger partial charge on any atom is -0.497 e. The summed E-state index contributed by atoms with van der Waals surface area (Å²) in [4.78, 5) is 25.8. The van der Waals surface area contributed by atoms with E-state index in [1.54, 1.807) is 36.1 Å². The third-order valence-electron chi connectivity index (χ3n) is 5.34. The summed E-state index contributed by atoms with van der Waals surface area (Å²) in [6.07, 6.45) is 1.00. The molecule has 1 atom stereocenters. The molecule has 1 N–H and O–H groups in total. The van der Waals surface area contributed by atoms with Crippen molar-refractivity contribution in [1.82, 2.24) is 9.78 Å². The van der Waals surface area contributed by atoms with E-state index in [-0.39, 0.29) is 18.1 Å². The zero-order valence-corrected chi connectivity index (χ0v) is 16.7. The summed E-state index contributed by atoms with van der Waals surface area (Å²) < 4.78 is 6.97. The Balaban J connectivity index is 1.80. The number of ketones is 1. The molecule has 0 saturated heterocycles. The molecule has 0 fully saturated rings. The Morgan fingerprint density at radius 2 is 2.03 bits per heavy atom. The third-order valence-corrected chi connectivity index (χ3v) is 5.34. The largest absolute Gasteiger partial charge is 0.497 e. The van der Waals surface area contributed by atoms with Gasteiger partial charge in [0.15, 0.2) is 5.78 Å². The average molecular weight is 389 g/mol. The van der Waals surface area contributed by atoms with E-state index in [4.69, 9.17) is 4.74 Å². The van der Waals surface area contributed by atoms with Crippen LogP contribution in [-0.2, 0) is 11.2 Å². The molecular weight excluding hydrogens is 366 g/mol. The predicted octanol–water partition coefficient (Wildman–Crippen LogP) is 4.06. The summed E-state index contributed by atoms with van der Waals surface area (Å²) in [5.41, 5.74) is 4.08. The second kappa shape index (κ2) is 7.54. The van der Waals surface area contributed by atoms with Gasteiger partial charge in [0.05, 0.1) is 24.4 Å². The van der Waals surface area contributed by atoms with E-state index in [1.165, 1.54) is 5.56 Å². The molecule has 2 aromatic carbocycles. The van der Waals surface area contributed by atoms with Gasteiger partial charge in [-0.2, -0.15) is 5.10 Å². The molecule has 1 aliphatic rings. The zero-order valence-electron chi connectivity index (χ0n) is 16.7. The van der Waals surface area contributed by atoms with Crippen LogP contribution in [0.5, 0.6) is 5.75 Å². The fourth-order valence-corrected chi connectivity index (χ4v) is 3.84. The first kappa shape index (κ1) is 18.9. The average Bonchev–Trinajstić information content (AvgIpc) is 3.08. The van der Waals surface area contributed by atoms with E-state index in [1.807, 2.05) is 25.1 Å². The number of carbonyl (C=O) groups excluding carboxylic acids is 2. The summed E-state index contributed by atoms with van der Waals surface area (Å²) in [5.74, 6) is 0.318. The number of ether oxygens (including phenoxy) is 1. The number of fused-ring (bicyclic) bond motifs is 1. The molecule has 29 heavy (non-hydrogen) atoms. The number of amides is 1. The van der Waals surface area contributed by atoms with Gasteiger partial charge in [-0.3, -0.25) is 9.59 Å². The van der Waals surface area contributed by atoms with Crippen LogP contribution in [0.15, 0.2) is 48.5 Å². The maximum absolute atomic E-state index is 13.3. The topological polar surface area (TPSA) is 73.2 Å². The van der Waals surface area contributed by atoms with Crippen LogP contribution in [0.3, 0.4) is 0 Å². The number of Topliss-reactive ketones (excluding diaryl/α,β-unsaturated/α-hetero) is 1. The molecular formula is C23H23N3O3. The molecule has 0 aliphatic carbocycles. The summed E-state index contributed by atoms with van der Waals surface area (Å²) in [7, 11) is 1.56. The summed E-state index contributed by atoms with van der Waals surface area (Å²) in [6, 6.07) is 15.1. The van der Waals surface area contributed by atoms with Crippen LogP contribution in [0.1, 0.15) is 46.4 Å². The van der Waals surface area contributed by atoms with Crippen LogP contribution < -0.4 is 10.1 Å². The lowest BCUT2D eigenvalue weighted by Gasteiger charge is -2.23. The van der Waals surface area contributed by atoms with E-state index in [0.29, 0.717) is 17.1 Å². The second-order valence-electron chi connectivity index (χ2n) is 7.18. The van der Waals surface area contributed by atoms with Crippen molar-refractivity contribution in [3.05, 3.63) is 70.9 Å². The Morgan fingerprint density at radius 1 is 1.24 bits per heavy atom. The number of benzene rings is 2. The smallest absolute Gasteiger partial charge is 0.226 e. The Labute approximate surface area is 169 Å². The maximum Gasteiger partial charge on any atom is 0.226 e. The van der Waals surface area contributed by atoms with Crippen molar-refractivity contribution in [2.24, 2.45) is 0 Å². The number of aromatic nitrogens is 2. The van der Waals surface area contributed by atoms with Gasteiger partial charge in [-0.05, 0) is 43.2 Å². The number of carbonyl (C=O) groups is 2. The van der Waals surface area contributed by atoms with Crippen molar-refractivity contribution in [2.75, 3.05) is 12.4 Å². The predicted molar refractivity (Wildman–Crippen MR) is 111 cm³/mol. The Morgan fingerprint density at radius 3 is 2.79 bits per heavy atom. The highest BCUT2D eigenvalue weighted by molar-refractivity contribution is 6.08. The highest BCUT2D eigenvalue weighted by atomic mass is 16.5. The van der Waals surface area contributed by atoms with Crippen molar-refractivity contribution in [3.8, 4) is 11.4 Å². The van der Waals surface area contributed by atoms with Crippen molar-refractivity contribution in [2.45, 2.75) is 32.6 Å². The molecule has 148 valence electrons. The lowest BCUT2D eigenvalue weighted by Crippen LogP contribution is -2.28. The first-order chi connectivity index (χ1) is 14.0. The summed E-state index contributed by atoms with van der Waals surface area (Å²) >= 11 is 0. The van der Waals surface area contributed by atoms with Gasteiger partial charge in [-0.25, -0.2) is 4.68 Å². The number of hydrogen-bond donors (Lipinski definition) is 1. The van der Waals surface area contributed by atoms with Crippen LogP contribution in [0.2, 0.25) is 0 Å². The Bertz CT molecular complexity index is 1100. The summed E-state index contributed by atoms with van der Waals surface area (Å²) in [5, 5.41) is 7.59. The van der Waals surface area contributed by atoms with Gasteiger partial charge in [0.25, 0.3) is 0 Å². The first-order valence-electron chi connectivity index (χ1n) is 9.68. The molecule has 3 aromatic rings. The lowest BCUT2D eigenvalue weighted by atomic mass is 9.85. The highest BCUT2D eigenvalue weighted by Gasteiger charge is 2.36. The lowest BCUT2D eigenvalue weighted by molar-refractivity contribution is -0.116. The molecule has 1 aliphatic heterocycles. The van der Waals surface area contributed by atoms with Crippen LogP contribution >= 0.6 is 0 Å². The SMILES string of the molecule is CCc1cccc(-n2nc(C)c3c2NC(=O)C[C@@H]3C(=O)c2cccc(OC)c2)c1. The third kappa shape index (κ3) is 3.42. The molecule has 0 saturated carbocycles. The number of methoxy groups -OCH3 is 1. The molecule has 4 rings (SSSR count). The minimum absolute atomic E-state index is 0.102. The first-order valence-corrected chi connectivity index (χ1v) is 9.68. The second-order valence-corrected chi connectivity index (χ2v) is 7.18. The Hall–Kier alpha value is -3.41. The quantitative estimate of drug-likeness (QED) is 0.668. The van der Waals surface area contributed by atoms with Gasteiger partial charge in [0.1, 0.15) is 11.6 Å². The molecule has 6 heteroatoms. The van der Waals surface area contributed by atoms with E-state index in [0.717, 1.165) is 23.4 Å². The van der Waals surface area contributed by atoms with E-state index in [9.17, 15) is 9.59 Å². The normalized spacial score (nSPS) is 15.6. The molecule has 6 nitrogen and oxygen atoms in total. The molecule has 0 spiro atoms.